The molecule has 8 heteroatoms. The molecule has 5 rings (SSSR count). The summed E-state index contributed by atoms with van der Waals surface area (Å²) < 4.78 is 6.50. The van der Waals surface area contributed by atoms with E-state index in [1.165, 1.54) is 22.3 Å². The minimum absolute atomic E-state index is 0.0361. The number of anilines is 2. The fourth-order valence-electron chi connectivity index (χ4n) is 5.52. The number of nitrogens with zero attached hydrogens (tertiary/aromatic N) is 2. The van der Waals surface area contributed by atoms with E-state index in [2.05, 4.69) is 64.4 Å². The highest BCUT2D eigenvalue weighted by Crippen LogP contribution is 2.39. The SMILES string of the molecule is CCC(Oc1ccc(C(C)(C)CC)cc1C(C)(C)CC)C(=O)Nc1cccc(N=C2NN(c3ccccc3)C(=O)C2Sc2ccccc2)c1. The predicted molar refractivity (Wildman–Crippen MR) is 203 cm³/mol. The lowest BCUT2D eigenvalue weighted by Crippen LogP contribution is -2.35. The average Bonchev–Trinajstić information content (AvgIpc) is 3.41. The Kier molecular flexibility index (Phi) is 11.2. The fraction of sp³-hybridized carbons (Fsp3) is 0.341. The second-order valence-electron chi connectivity index (χ2n) is 13.7. The Labute approximate surface area is 295 Å². The lowest BCUT2D eigenvalue weighted by molar-refractivity contribution is -0.123. The zero-order valence-corrected chi connectivity index (χ0v) is 30.4. The minimum Gasteiger partial charge on any atom is -0.480 e. The molecule has 0 bridgehead atoms. The van der Waals surface area contributed by atoms with Crippen molar-refractivity contribution in [3.05, 3.63) is 114 Å². The van der Waals surface area contributed by atoms with Crippen LogP contribution >= 0.6 is 11.8 Å². The van der Waals surface area contributed by atoms with Gasteiger partial charge in [0.05, 0.1) is 11.4 Å². The van der Waals surface area contributed by atoms with Crippen LogP contribution in [0.3, 0.4) is 0 Å². The molecule has 49 heavy (non-hydrogen) atoms. The largest absolute Gasteiger partial charge is 0.480 e. The molecule has 1 fully saturated rings. The van der Waals surface area contributed by atoms with Crippen LogP contribution in [0.2, 0.25) is 0 Å². The average molecular weight is 677 g/mol. The number of carbonyl (C=O) groups excluding carboxylic acids is 2. The number of thioether (sulfide) groups is 1. The van der Waals surface area contributed by atoms with Crippen LogP contribution in [0.1, 0.15) is 78.9 Å². The maximum atomic E-state index is 13.7. The molecule has 1 heterocycles. The number of amides is 2. The number of benzene rings is 4. The molecule has 0 spiro atoms. The lowest BCUT2D eigenvalue weighted by atomic mass is 9.76. The Hall–Kier alpha value is -4.56. The van der Waals surface area contributed by atoms with Gasteiger partial charge in [0.2, 0.25) is 0 Å². The van der Waals surface area contributed by atoms with Gasteiger partial charge in [-0.25, -0.2) is 10.0 Å². The molecule has 2 unspecified atom stereocenters. The third kappa shape index (κ3) is 8.36. The van der Waals surface area contributed by atoms with Gasteiger partial charge in [0, 0.05) is 16.1 Å². The van der Waals surface area contributed by atoms with Crippen molar-refractivity contribution in [2.24, 2.45) is 4.99 Å². The standard InChI is InChI=1S/C41H48N4O3S/c1-8-34(48-35-25-24-28(40(4,5)9-2)26-33(35)41(6,7)10-3)38(46)43-30-19-17-18-29(27-30)42-37-36(49-32-22-15-12-16-23-32)39(47)45(44-37)31-20-13-11-14-21-31/h11-27,34,36H,8-10H2,1-7H3,(H,42,44)(H,43,46). The molecule has 4 aromatic rings. The molecule has 1 aliphatic rings. The molecule has 256 valence electrons. The first-order valence-electron chi connectivity index (χ1n) is 17.1. The van der Waals surface area contributed by atoms with E-state index in [4.69, 9.17) is 9.73 Å². The van der Waals surface area contributed by atoms with Crippen LogP contribution < -0.4 is 20.5 Å². The summed E-state index contributed by atoms with van der Waals surface area (Å²) in [6, 6.07) is 33.1. The highest BCUT2D eigenvalue weighted by Gasteiger charge is 2.39. The van der Waals surface area contributed by atoms with Gasteiger partial charge in [0.25, 0.3) is 11.8 Å². The summed E-state index contributed by atoms with van der Waals surface area (Å²) in [6.45, 7) is 15.3. The van der Waals surface area contributed by atoms with Gasteiger partial charge in [-0.2, -0.15) is 0 Å². The van der Waals surface area contributed by atoms with E-state index in [9.17, 15) is 9.59 Å². The maximum Gasteiger partial charge on any atom is 0.266 e. The van der Waals surface area contributed by atoms with Crippen molar-refractivity contribution >= 4 is 46.5 Å². The van der Waals surface area contributed by atoms with Gasteiger partial charge >= 0.3 is 0 Å². The van der Waals surface area contributed by atoms with Crippen LogP contribution in [0.5, 0.6) is 5.75 Å². The number of para-hydroxylation sites is 1. The monoisotopic (exact) mass is 676 g/mol. The van der Waals surface area contributed by atoms with Crippen LogP contribution in [0.15, 0.2) is 113 Å². The van der Waals surface area contributed by atoms with E-state index in [1.807, 2.05) is 97.9 Å². The molecule has 2 N–H and O–H groups in total. The first-order chi connectivity index (χ1) is 23.5. The van der Waals surface area contributed by atoms with E-state index < -0.39 is 11.4 Å². The second kappa shape index (κ2) is 15.3. The topological polar surface area (TPSA) is 83.0 Å². The van der Waals surface area contributed by atoms with Crippen molar-refractivity contribution < 1.29 is 14.3 Å². The van der Waals surface area contributed by atoms with Crippen molar-refractivity contribution in [1.29, 1.82) is 0 Å². The zero-order chi connectivity index (χ0) is 35.2. The first kappa shape index (κ1) is 35.7. The number of hydrogen-bond acceptors (Lipinski definition) is 5. The van der Waals surface area contributed by atoms with Crippen LogP contribution in [0.4, 0.5) is 17.1 Å². The Bertz CT molecular complexity index is 1790. The molecule has 7 nitrogen and oxygen atoms in total. The first-order valence-corrected chi connectivity index (χ1v) is 18.0. The Morgan fingerprint density at radius 3 is 2.20 bits per heavy atom. The van der Waals surface area contributed by atoms with E-state index in [0.29, 0.717) is 23.6 Å². The van der Waals surface area contributed by atoms with E-state index >= 15 is 0 Å². The molecule has 2 atom stereocenters. The summed E-state index contributed by atoms with van der Waals surface area (Å²) in [6.07, 6.45) is 1.77. The van der Waals surface area contributed by atoms with Crippen molar-refractivity contribution in [3.8, 4) is 5.75 Å². The van der Waals surface area contributed by atoms with Gasteiger partial charge in [-0.15, -0.1) is 11.8 Å². The Morgan fingerprint density at radius 2 is 1.55 bits per heavy atom. The molecule has 0 radical (unpaired) electrons. The van der Waals surface area contributed by atoms with Crippen molar-refractivity contribution in [2.75, 3.05) is 10.3 Å². The number of nitrogens with one attached hydrogen (secondary N) is 2. The molecule has 0 aliphatic carbocycles. The zero-order valence-electron chi connectivity index (χ0n) is 29.6. The Balaban J connectivity index is 1.38. The summed E-state index contributed by atoms with van der Waals surface area (Å²) in [4.78, 5) is 33.2. The molecule has 4 aromatic carbocycles. The smallest absolute Gasteiger partial charge is 0.266 e. The van der Waals surface area contributed by atoms with Gasteiger partial charge in [0.1, 0.15) is 16.8 Å². The summed E-state index contributed by atoms with van der Waals surface area (Å²) in [5.74, 6) is 0.920. The third-order valence-electron chi connectivity index (χ3n) is 9.48. The lowest BCUT2D eigenvalue weighted by Gasteiger charge is -2.31. The van der Waals surface area contributed by atoms with Gasteiger partial charge in [0.15, 0.2) is 6.10 Å². The predicted octanol–water partition coefficient (Wildman–Crippen LogP) is 9.60. The summed E-state index contributed by atoms with van der Waals surface area (Å²) in [5.41, 5.74) is 7.47. The number of hydrazine groups is 1. The second-order valence-corrected chi connectivity index (χ2v) is 14.8. The number of hydrogen-bond donors (Lipinski definition) is 2. The van der Waals surface area contributed by atoms with Crippen LogP contribution in [0.25, 0.3) is 0 Å². The van der Waals surface area contributed by atoms with Gasteiger partial charge in [-0.3, -0.25) is 15.0 Å². The van der Waals surface area contributed by atoms with Crippen LogP contribution in [-0.4, -0.2) is 29.0 Å². The normalized spacial score (nSPS) is 16.4. The molecule has 0 saturated carbocycles. The van der Waals surface area contributed by atoms with Crippen molar-refractivity contribution in [2.45, 2.75) is 94.8 Å². The quantitative estimate of drug-likeness (QED) is 0.147. The molecule has 1 aliphatic heterocycles. The van der Waals surface area contributed by atoms with Crippen LogP contribution in [-0.2, 0) is 20.4 Å². The molecular weight excluding hydrogens is 629 g/mol. The van der Waals surface area contributed by atoms with Crippen molar-refractivity contribution in [1.82, 2.24) is 5.43 Å². The molecule has 2 amide bonds. The number of carbonyl (C=O) groups is 2. The summed E-state index contributed by atoms with van der Waals surface area (Å²) in [5, 5.41) is 4.02. The van der Waals surface area contributed by atoms with Gasteiger partial charge in [-0.1, -0.05) is 103 Å². The molecule has 1 saturated heterocycles. The van der Waals surface area contributed by atoms with Crippen LogP contribution in [0, 0.1) is 0 Å². The fourth-order valence-corrected chi connectivity index (χ4v) is 6.53. The highest BCUT2D eigenvalue weighted by molar-refractivity contribution is 8.01. The number of amidine groups is 1. The summed E-state index contributed by atoms with van der Waals surface area (Å²) >= 11 is 1.44. The number of aliphatic imine (C=N–C) groups is 1. The van der Waals surface area contributed by atoms with E-state index in [1.54, 1.807) is 0 Å². The molecule has 0 aromatic heterocycles. The third-order valence-corrected chi connectivity index (χ3v) is 10.7. The minimum atomic E-state index is -0.688. The van der Waals surface area contributed by atoms with Gasteiger partial charge < -0.3 is 10.1 Å². The number of ether oxygens (including phenoxy) is 1. The van der Waals surface area contributed by atoms with E-state index in [0.717, 1.165) is 34.7 Å². The van der Waals surface area contributed by atoms with Crippen molar-refractivity contribution in [3.63, 3.8) is 0 Å². The molecular formula is C41H48N4O3S. The van der Waals surface area contributed by atoms with E-state index in [-0.39, 0.29) is 22.6 Å². The summed E-state index contributed by atoms with van der Waals surface area (Å²) in [7, 11) is 0. The maximum absolute atomic E-state index is 13.7. The number of rotatable bonds is 13. The van der Waals surface area contributed by atoms with Gasteiger partial charge in [-0.05, 0) is 84.2 Å². The highest BCUT2D eigenvalue weighted by atomic mass is 32.2. The Morgan fingerprint density at radius 1 is 0.878 bits per heavy atom.